The van der Waals surface area contributed by atoms with Gasteiger partial charge in [-0.1, -0.05) is 0 Å². The van der Waals surface area contributed by atoms with Gasteiger partial charge in [-0.25, -0.2) is 0 Å². The fraction of sp³-hybridized carbons (Fsp3) is 1.00. The van der Waals surface area contributed by atoms with Crippen LogP contribution in [0.5, 0.6) is 0 Å². The van der Waals surface area contributed by atoms with Gasteiger partial charge in [0.2, 0.25) is 0 Å². The van der Waals surface area contributed by atoms with E-state index in [4.69, 9.17) is 11.5 Å². The first-order chi connectivity index (χ1) is 4.33. The van der Waals surface area contributed by atoms with Crippen molar-refractivity contribution in [1.29, 1.82) is 0 Å². The summed E-state index contributed by atoms with van der Waals surface area (Å²) in [6.07, 6.45) is 2.63. The molecule has 1 fully saturated rings. The van der Waals surface area contributed by atoms with E-state index in [9.17, 15) is 0 Å². The van der Waals surface area contributed by atoms with Crippen LogP contribution in [0.4, 0.5) is 0 Å². The smallest absolute Gasteiger partial charge is 0.0290 e. The van der Waals surface area contributed by atoms with Crippen LogP contribution >= 0.6 is 0 Å². The number of rotatable bonds is 4. The largest absolute Gasteiger partial charge is 0.329 e. The van der Waals surface area contributed by atoms with E-state index in [1.54, 1.807) is 0 Å². The van der Waals surface area contributed by atoms with Crippen molar-refractivity contribution in [2.75, 3.05) is 13.1 Å². The lowest BCUT2D eigenvalue weighted by Crippen LogP contribution is -2.40. The van der Waals surface area contributed by atoms with Crippen molar-refractivity contribution in [3.05, 3.63) is 0 Å². The van der Waals surface area contributed by atoms with Crippen LogP contribution < -0.4 is 16.8 Å². The summed E-state index contributed by atoms with van der Waals surface area (Å²) in [4.78, 5) is 0. The fourth-order valence-electron chi connectivity index (χ4n) is 0.689. The molecule has 0 spiro atoms. The van der Waals surface area contributed by atoms with Gasteiger partial charge in [0, 0.05) is 25.2 Å². The van der Waals surface area contributed by atoms with Gasteiger partial charge in [-0.05, 0) is 12.8 Å². The number of nitrogens with one attached hydrogen (secondary N) is 1. The average Bonchev–Trinajstić information content (AvgIpc) is 2.65. The predicted molar refractivity (Wildman–Crippen MR) is 38.1 cm³/mol. The van der Waals surface area contributed by atoms with Crippen molar-refractivity contribution < 1.29 is 0 Å². The van der Waals surface area contributed by atoms with E-state index in [0.717, 1.165) is 12.6 Å². The monoisotopic (exact) mass is 129 g/mol. The zero-order valence-corrected chi connectivity index (χ0v) is 5.64. The Morgan fingerprint density at radius 2 is 2.22 bits per heavy atom. The summed E-state index contributed by atoms with van der Waals surface area (Å²) in [5, 5.41) is 3.30. The molecule has 0 radical (unpaired) electrons. The molecule has 1 saturated carbocycles. The third-order valence-electron chi connectivity index (χ3n) is 1.55. The maximum atomic E-state index is 5.56. The Labute approximate surface area is 55.8 Å². The van der Waals surface area contributed by atoms with Gasteiger partial charge >= 0.3 is 0 Å². The normalized spacial score (nSPS) is 22.0. The molecule has 1 rings (SSSR count). The highest BCUT2D eigenvalue weighted by molar-refractivity contribution is 4.82. The molecule has 0 aromatic carbocycles. The minimum Gasteiger partial charge on any atom is -0.329 e. The Balaban J connectivity index is 1.90. The quantitative estimate of drug-likeness (QED) is 0.457. The lowest BCUT2D eigenvalue weighted by Gasteiger charge is -2.08. The van der Waals surface area contributed by atoms with Gasteiger partial charge in [0.25, 0.3) is 0 Å². The van der Waals surface area contributed by atoms with Crippen LogP contribution in [-0.2, 0) is 0 Å². The van der Waals surface area contributed by atoms with Crippen molar-refractivity contribution in [3.63, 3.8) is 0 Å². The Morgan fingerprint density at radius 3 is 2.67 bits per heavy atom. The highest BCUT2D eigenvalue weighted by Crippen LogP contribution is 2.17. The SMILES string of the molecule is NCC(N)CNC1CC1. The molecule has 0 saturated heterocycles. The second-order valence-electron chi connectivity index (χ2n) is 2.68. The van der Waals surface area contributed by atoms with E-state index in [0.29, 0.717) is 6.54 Å². The minimum absolute atomic E-state index is 0.144. The van der Waals surface area contributed by atoms with E-state index in [-0.39, 0.29) is 6.04 Å². The van der Waals surface area contributed by atoms with Crippen LogP contribution in [0.15, 0.2) is 0 Å². The Bertz CT molecular complexity index is 80.4. The Kier molecular flexibility index (Phi) is 2.45. The van der Waals surface area contributed by atoms with Crippen LogP contribution in [0.25, 0.3) is 0 Å². The third kappa shape index (κ3) is 2.79. The second kappa shape index (κ2) is 3.15. The topological polar surface area (TPSA) is 64.1 Å². The highest BCUT2D eigenvalue weighted by atomic mass is 15.0. The molecule has 0 aromatic rings. The van der Waals surface area contributed by atoms with Gasteiger partial charge in [-0.3, -0.25) is 0 Å². The van der Waals surface area contributed by atoms with Crippen LogP contribution in [0.2, 0.25) is 0 Å². The summed E-state index contributed by atoms with van der Waals surface area (Å²) in [7, 11) is 0. The lowest BCUT2D eigenvalue weighted by molar-refractivity contribution is 0.579. The van der Waals surface area contributed by atoms with E-state index in [2.05, 4.69) is 5.32 Å². The molecule has 3 nitrogen and oxygen atoms in total. The fourth-order valence-corrected chi connectivity index (χ4v) is 0.689. The average molecular weight is 129 g/mol. The molecule has 0 bridgehead atoms. The van der Waals surface area contributed by atoms with E-state index < -0.39 is 0 Å². The van der Waals surface area contributed by atoms with Gasteiger partial charge in [-0.15, -0.1) is 0 Å². The molecule has 0 heterocycles. The molecule has 1 atom stereocenters. The number of hydrogen-bond donors (Lipinski definition) is 3. The van der Waals surface area contributed by atoms with Crippen LogP contribution in [0.1, 0.15) is 12.8 Å². The number of hydrogen-bond acceptors (Lipinski definition) is 3. The first-order valence-electron chi connectivity index (χ1n) is 3.52. The summed E-state index contributed by atoms with van der Waals surface area (Å²) in [6.45, 7) is 1.46. The van der Waals surface area contributed by atoms with Gasteiger partial charge < -0.3 is 16.8 Å². The zero-order chi connectivity index (χ0) is 6.69. The molecule has 0 aromatic heterocycles. The maximum Gasteiger partial charge on any atom is 0.0290 e. The maximum absolute atomic E-state index is 5.56. The predicted octanol–water partition coefficient (Wildman–Crippen LogP) is -0.976. The Hall–Kier alpha value is -0.120. The molecule has 1 aliphatic carbocycles. The summed E-state index contributed by atoms with van der Waals surface area (Å²) in [5.41, 5.74) is 10.9. The Morgan fingerprint density at radius 1 is 1.56 bits per heavy atom. The molecular formula is C6H15N3. The van der Waals surface area contributed by atoms with E-state index in [1.165, 1.54) is 12.8 Å². The first-order valence-corrected chi connectivity index (χ1v) is 3.52. The van der Waals surface area contributed by atoms with Crippen LogP contribution in [0, 0.1) is 0 Å². The molecule has 54 valence electrons. The summed E-state index contributed by atoms with van der Waals surface area (Å²) < 4.78 is 0. The van der Waals surface area contributed by atoms with Crippen molar-refractivity contribution in [2.24, 2.45) is 11.5 Å². The van der Waals surface area contributed by atoms with Gasteiger partial charge in [0.05, 0.1) is 0 Å². The molecule has 0 aliphatic heterocycles. The molecular weight excluding hydrogens is 114 g/mol. The zero-order valence-electron chi connectivity index (χ0n) is 5.64. The van der Waals surface area contributed by atoms with Gasteiger partial charge in [0.15, 0.2) is 0 Å². The van der Waals surface area contributed by atoms with Crippen molar-refractivity contribution in [2.45, 2.75) is 24.9 Å². The summed E-state index contributed by atoms with van der Waals surface area (Å²) in [5.74, 6) is 0. The van der Waals surface area contributed by atoms with E-state index in [1.807, 2.05) is 0 Å². The van der Waals surface area contributed by atoms with Gasteiger partial charge in [-0.2, -0.15) is 0 Å². The van der Waals surface area contributed by atoms with Crippen molar-refractivity contribution in [1.82, 2.24) is 5.32 Å². The summed E-state index contributed by atoms with van der Waals surface area (Å²) in [6, 6.07) is 0.896. The van der Waals surface area contributed by atoms with E-state index >= 15 is 0 Å². The van der Waals surface area contributed by atoms with Gasteiger partial charge in [0.1, 0.15) is 0 Å². The third-order valence-corrected chi connectivity index (χ3v) is 1.55. The minimum atomic E-state index is 0.144. The standard InChI is InChI=1S/C6H15N3/c7-3-5(8)4-9-6-1-2-6/h5-6,9H,1-4,7-8H2. The van der Waals surface area contributed by atoms with Crippen LogP contribution in [0.3, 0.4) is 0 Å². The molecule has 3 heteroatoms. The highest BCUT2D eigenvalue weighted by Gasteiger charge is 2.20. The van der Waals surface area contributed by atoms with Crippen LogP contribution in [-0.4, -0.2) is 25.2 Å². The lowest BCUT2D eigenvalue weighted by atomic mass is 10.3. The molecule has 0 amide bonds. The molecule has 1 aliphatic rings. The first kappa shape index (κ1) is 6.99. The summed E-state index contributed by atoms with van der Waals surface area (Å²) >= 11 is 0. The van der Waals surface area contributed by atoms with Crippen molar-refractivity contribution >= 4 is 0 Å². The second-order valence-corrected chi connectivity index (χ2v) is 2.68. The number of nitrogens with two attached hydrogens (primary N) is 2. The molecule has 5 N–H and O–H groups in total. The molecule has 1 unspecified atom stereocenters. The van der Waals surface area contributed by atoms with Crippen molar-refractivity contribution in [3.8, 4) is 0 Å². The molecule has 9 heavy (non-hydrogen) atoms.